The Morgan fingerprint density at radius 2 is 1.25 bits per heavy atom. The van der Waals surface area contributed by atoms with Gasteiger partial charge in [-0.2, -0.15) is 0 Å². The van der Waals surface area contributed by atoms with Crippen molar-refractivity contribution in [2.24, 2.45) is 0 Å². The molecule has 0 atom stereocenters. The number of hydrogen-bond acceptors (Lipinski definition) is 0. The molecular formula is H3AlCl2Ti. The zero-order valence-corrected chi connectivity index (χ0v) is 4.33. The Kier molecular flexibility index (Phi) is 20.5. The molecule has 0 bridgehead atoms. The van der Waals surface area contributed by atoms with E-state index in [1.54, 1.807) is 0 Å². The first kappa shape index (κ1) is 9.27. The van der Waals surface area contributed by atoms with Crippen molar-refractivity contribution in [3.8, 4) is 0 Å². The molecule has 0 aromatic rings. The third-order valence-electron chi connectivity index (χ3n) is 0. The fourth-order valence-corrected chi connectivity index (χ4v) is 0. The predicted molar refractivity (Wildman–Crippen MR) is 21.6 cm³/mol. The molecule has 0 N–H and O–H groups in total. The molecule has 0 aromatic heterocycles. The Bertz CT molecular complexity index is 6.00. The number of rotatable bonds is 0. The predicted octanol–water partition coefficient (Wildman–Crippen LogP) is 0.193. The van der Waals surface area contributed by atoms with E-state index in [0.717, 1.165) is 0 Å². The van der Waals surface area contributed by atoms with Crippen LogP contribution in [-0.4, -0.2) is 17.4 Å². The molecule has 0 saturated carbocycles. The van der Waals surface area contributed by atoms with Crippen LogP contribution in [0.15, 0.2) is 0 Å². The Labute approximate surface area is 52.7 Å². The summed E-state index contributed by atoms with van der Waals surface area (Å²) in [7, 11) is 9.78. The Hall–Kier alpha value is 1.83. The molecule has 0 amide bonds. The molecule has 0 heterocycles. The molecule has 0 aliphatic heterocycles. The summed E-state index contributed by atoms with van der Waals surface area (Å²) in [6, 6.07) is 0. The quantitative estimate of drug-likeness (QED) is 0.431. The van der Waals surface area contributed by atoms with Gasteiger partial charge in [0.1, 0.15) is 0 Å². The maximum atomic E-state index is 4.89. The summed E-state index contributed by atoms with van der Waals surface area (Å²) >= 11 is -0.556. The topological polar surface area (TPSA) is 0 Å². The van der Waals surface area contributed by atoms with Crippen LogP contribution in [0.4, 0.5) is 0 Å². The van der Waals surface area contributed by atoms with E-state index in [1.165, 1.54) is 0 Å². The van der Waals surface area contributed by atoms with Gasteiger partial charge < -0.3 is 0 Å². The summed E-state index contributed by atoms with van der Waals surface area (Å²) in [6.45, 7) is 0. The summed E-state index contributed by atoms with van der Waals surface area (Å²) in [5, 5.41) is 0. The Morgan fingerprint density at radius 1 is 1.25 bits per heavy atom. The van der Waals surface area contributed by atoms with Crippen LogP contribution in [0, 0.1) is 0 Å². The maximum absolute atomic E-state index is 4.89. The fourth-order valence-electron chi connectivity index (χ4n) is 0. The van der Waals surface area contributed by atoms with Crippen LogP contribution < -0.4 is 0 Å². The number of halogens is 2. The summed E-state index contributed by atoms with van der Waals surface area (Å²) in [4.78, 5) is 0. The van der Waals surface area contributed by atoms with E-state index < -0.39 is 17.0 Å². The van der Waals surface area contributed by atoms with Gasteiger partial charge in [0, 0.05) is 0 Å². The van der Waals surface area contributed by atoms with Crippen molar-refractivity contribution in [3.63, 3.8) is 0 Å². The fraction of sp³-hybridized carbons (Fsp3) is 0. The first-order valence-corrected chi connectivity index (χ1v) is 4.68. The Morgan fingerprint density at radius 3 is 1.25 bits per heavy atom. The van der Waals surface area contributed by atoms with E-state index in [9.17, 15) is 0 Å². The zero-order valence-electron chi connectivity index (χ0n) is 1.26. The van der Waals surface area contributed by atoms with Crippen LogP contribution in [0.5, 0.6) is 0 Å². The molecule has 4 heteroatoms. The third kappa shape index (κ3) is 9.16. The SMILES string of the molecule is [AlH3].[Cl][Ti][Cl]. The van der Waals surface area contributed by atoms with Crippen LogP contribution in [0.3, 0.4) is 0 Å². The van der Waals surface area contributed by atoms with Crippen LogP contribution in [0.25, 0.3) is 0 Å². The van der Waals surface area contributed by atoms with E-state index in [1.807, 2.05) is 0 Å². The molecule has 0 aliphatic carbocycles. The average molecular weight is 149 g/mol. The monoisotopic (exact) mass is 148 g/mol. The summed E-state index contributed by atoms with van der Waals surface area (Å²) in [5.74, 6) is 0. The van der Waals surface area contributed by atoms with Gasteiger partial charge in [-0.15, -0.1) is 0 Å². The number of hydrogen-bond donors (Lipinski definition) is 0. The van der Waals surface area contributed by atoms with Gasteiger partial charge in [0.15, 0.2) is 17.4 Å². The van der Waals surface area contributed by atoms with E-state index in [-0.39, 0.29) is 17.4 Å². The van der Waals surface area contributed by atoms with Gasteiger partial charge >= 0.3 is 35.6 Å². The van der Waals surface area contributed by atoms with Gasteiger partial charge in [-0.05, 0) is 0 Å². The molecule has 0 nitrogen and oxygen atoms in total. The van der Waals surface area contributed by atoms with Crippen LogP contribution in [0.2, 0.25) is 0 Å². The van der Waals surface area contributed by atoms with Gasteiger partial charge in [-0.3, -0.25) is 0 Å². The molecule has 0 saturated heterocycles. The summed E-state index contributed by atoms with van der Waals surface area (Å²) in [6.07, 6.45) is 0. The van der Waals surface area contributed by atoms with Gasteiger partial charge in [0.05, 0.1) is 0 Å². The van der Waals surface area contributed by atoms with Gasteiger partial charge in [0.2, 0.25) is 0 Å². The van der Waals surface area contributed by atoms with Gasteiger partial charge in [0.25, 0.3) is 0 Å². The second-order valence-electron chi connectivity index (χ2n) is 0.0714. The van der Waals surface area contributed by atoms with E-state index in [4.69, 9.17) is 18.6 Å². The molecule has 0 unspecified atom stereocenters. The van der Waals surface area contributed by atoms with Crippen molar-refractivity contribution in [1.29, 1.82) is 0 Å². The molecule has 0 fully saturated rings. The van der Waals surface area contributed by atoms with Gasteiger partial charge in [-0.25, -0.2) is 0 Å². The van der Waals surface area contributed by atoms with E-state index in [0.29, 0.717) is 0 Å². The van der Waals surface area contributed by atoms with E-state index in [2.05, 4.69) is 0 Å². The van der Waals surface area contributed by atoms with Gasteiger partial charge in [-0.1, -0.05) is 0 Å². The van der Waals surface area contributed by atoms with Crippen molar-refractivity contribution in [2.45, 2.75) is 0 Å². The molecule has 0 spiro atoms. The van der Waals surface area contributed by atoms with Crippen molar-refractivity contribution >= 4 is 36.0 Å². The minimum atomic E-state index is -0.556. The van der Waals surface area contributed by atoms with Crippen LogP contribution in [0.1, 0.15) is 0 Å². The zero-order chi connectivity index (χ0) is 2.71. The van der Waals surface area contributed by atoms with Crippen molar-refractivity contribution in [2.75, 3.05) is 0 Å². The molecule has 4 heavy (non-hydrogen) atoms. The summed E-state index contributed by atoms with van der Waals surface area (Å²) < 4.78 is 0. The van der Waals surface area contributed by atoms with Crippen LogP contribution in [-0.2, 0) is 17.0 Å². The second-order valence-corrected chi connectivity index (χ2v) is 2.65. The third-order valence-corrected chi connectivity index (χ3v) is 0. The minimum absolute atomic E-state index is 0. The van der Waals surface area contributed by atoms with E-state index >= 15 is 0 Å². The van der Waals surface area contributed by atoms with Crippen molar-refractivity contribution < 1.29 is 17.0 Å². The van der Waals surface area contributed by atoms with Crippen molar-refractivity contribution in [3.05, 3.63) is 0 Å². The first-order chi connectivity index (χ1) is 1.41. The molecule has 0 rings (SSSR count). The Balaban J connectivity index is 0. The van der Waals surface area contributed by atoms with Crippen molar-refractivity contribution in [1.82, 2.24) is 0 Å². The molecular weight excluding hydrogens is 146 g/mol. The molecule has 0 radical (unpaired) electrons. The molecule has 0 aliphatic rings. The summed E-state index contributed by atoms with van der Waals surface area (Å²) in [5.41, 5.74) is 0. The average Bonchev–Trinajstić information content (AvgIpc) is 0.918. The first-order valence-electron chi connectivity index (χ1n) is 0.378. The molecule has 24 valence electrons. The second kappa shape index (κ2) is 8.85. The standard InChI is InChI=1S/Al.2ClH.Ti.3H/h;2*1H;;;;/q;;;+2;;;/p-2. The van der Waals surface area contributed by atoms with Crippen LogP contribution >= 0.6 is 18.6 Å². The molecule has 0 aromatic carbocycles. The normalized spacial score (nSPS) is 3.50.